The minimum absolute atomic E-state index is 0.200. The highest BCUT2D eigenvalue weighted by atomic mass is 16.7. The van der Waals surface area contributed by atoms with Crippen molar-refractivity contribution in [2.24, 2.45) is 0 Å². The molecule has 1 saturated heterocycles. The Bertz CT molecular complexity index is 717. The van der Waals surface area contributed by atoms with E-state index in [1.807, 2.05) is 0 Å². The molecular weight excluding hydrogens is 584 g/mol. The average Bonchev–Trinajstić information content (AvgIpc) is 3.04. The molecule has 0 aromatic carbocycles. The molecule has 1 aliphatic heterocycles. The molecule has 8 nitrogen and oxygen atoms in total. The molecule has 0 saturated carbocycles. The molecule has 5 atom stereocenters. The molecule has 0 aliphatic carbocycles. The number of ether oxygens (including phenoxy) is 3. The number of carbonyl (C=O) groups is 2. The molecule has 1 fully saturated rings. The molecule has 0 radical (unpaired) electrons. The Morgan fingerprint density at radius 1 is 0.500 bits per heavy atom. The third-order valence-electron chi connectivity index (χ3n) is 9.30. The van der Waals surface area contributed by atoms with E-state index in [2.05, 4.69) is 13.8 Å². The van der Waals surface area contributed by atoms with Crippen LogP contribution in [0.3, 0.4) is 0 Å². The number of esters is 2. The topological polar surface area (TPSA) is 123 Å². The summed E-state index contributed by atoms with van der Waals surface area (Å²) in [5.74, 6) is -0.888. The van der Waals surface area contributed by atoms with Gasteiger partial charge in [0.1, 0.15) is 24.9 Å². The lowest BCUT2D eigenvalue weighted by Crippen LogP contribution is -2.60. The molecular formula is C38H72O8. The summed E-state index contributed by atoms with van der Waals surface area (Å²) in [6, 6.07) is 0. The molecule has 0 amide bonds. The van der Waals surface area contributed by atoms with Crippen LogP contribution in [0.5, 0.6) is 0 Å². The average molecular weight is 657 g/mol. The van der Waals surface area contributed by atoms with Crippen LogP contribution < -0.4 is 0 Å². The van der Waals surface area contributed by atoms with E-state index in [4.69, 9.17) is 14.2 Å². The monoisotopic (exact) mass is 657 g/mol. The predicted molar refractivity (Wildman–Crippen MR) is 184 cm³/mol. The van der Waals surface area contributed by atoms with Gasteiger partial charge in [-0.05, 0) is 12.8 Å². The fraction of sp³-hybridized carbons (Fsp3) is 0.947. The summed E-state index contributed by atoms with van der Waals surface area (Å²) in [7, 11) is 0. The Morgan fingerprint density at radius 3 is 1.24 bits per heavy atom. The first kappa shape index (κ1) is 42.8. The summed E-state index contributed by atoms with van der Waals surface area (Å²) >= 11 is 0. The number of hydrogen-bond acceptors (Lipinski definition) is 8. The molecule has 0 unspecified atom stereocenters. The van der Waals surface area contributed by atoms with Gasteiger partial charge in [0.15, 0.2) is 12.4 Å². The molecule has 3 N–H and O–H groups in total. The van der Waals surface area contributed by atoms with Crippen molar-refractivity contribution in [3.05, 3.63) is 0 Å². The second-order valence-corrected chi connectivity index (χ2v) is 13.7. The largest absolute Gasteiger partial charge is 0.463 e. The predicted octanol–water partition coefficient (Wildman–Crippen LogP) is 8.84. The Hall–Kier alpha value is -1.22. The van der Waals surface area contributed by atoms with E-state index in [-0.39, 0.29) is 25.4 Å². The summed E-state index contributed by atoms with van der Waals surface area (Å²) in [4.78, 5) is 24.9. The van der Waals surface area contributed by atoms with Crippen LogP contribution in [0.1, 0.15) is 194 Å². The van der Waals surface area contributed by atoms with Gasteiger partial charge in [-0.25, -0.2) is 0 Å². The summed E-state index contributed by atoms with van der Waals surface area (Å²) in [5, 5.41) is 30.6. The van der Waals surface area contributed by atoms with Crippen LogP contribution in [-0.2, 0) is 23.8 Å². The molecule has 0 spiro atoms. The number of aliphatic hydroxyl groups excluding tert-OH is 3. The third kappa shape index (κ3) is 22.4. The first-order valence-corrected chi connectivity index (χ1v) is 19.4. The van der Waals surface area contributed by atoms with Gasteiger partial charge < -0.3 is 29.5 Å². The first-order chi connectivity index (χ1) is 22.4. The van der Waals surface area contributed by atoms with Gasteiger partial charge in [0.2, 0.25) is 0 Å². The lowest BCUT2D eigenvalue weighted by atomic mass is 9.99. The van der Waals surface area contributed by atoms with Crippen molar-refractivity contribution >= 4 is 11.9 Å². The fourth-order valence-electron chi connectivity index (χ4n) is 6.23. The SMILES string of the molecule is CCCCCCCCCCCCCCCC(=O)OC[C@H]1O[C@H](O)[C@@H](O)[C@@H](O)[C@@H]1OC(=O)CCCCCCCCCCCCCCC. The summed E-state index contributed by atoms with van der Waals surface area (Å²) in [6.07, 6.45) is 25.0. The Labute approximate surface area is 281 Å². The van der Waals surface area contributed by atoms with Crippen LogP contribution in [-0.4, -0.2) is 64.6 Å². The molecule has 272 valence electrons. The highest BCUT2D eigenvalue weighted by Gasteiger charge is 2.46. The summed E-state index contributed by atoms with van der Waals surface area (Å²) < 4.78 is 16.2. The smallest absolute Gasteiger partial charge is 0.306 e. The lowest BCUT2D eigenvalue weighted by molar-refractivity contribution is -0.290. The van der Waals surface area contributed by atoms with Gasteiger partial charge in [-0.3, -0.25) is 9.59 Å². The van der Waals surface area contributed by atoms with Crippen molar-refractivity contribution in [2.45, 2.75) is 224 Å². The maximum atomic E-state index is 12.5. The van der Waals surface area contributed by atoms with Crippen molar-refractivity contribution in [3.8, 4) is 0 Å². The quantitative estimate of drug-likeness (QED) is 0.0500. The van der Waals surface area contributed by atoms with Gasteiger partial charge in [-0.2, -0.15) is 0 Å². The normalized spacial score (nSPS) is 21.4. The van der Waals surface area contributed by atoms with E-state index in [1.54, 1.807) is 0 Å². The molecule has 0 aromatic heterocycles. The zero-order valence-corrected chi connectivity index (χ0v) is 29.8. The van der Waals surface area contributed by atoms with Gasteiger partial charge in [-0.1, -0.05) is 168 Å². The number of unbranched alkanes of at least 4 members (excludes halogenated alkanes) is 24. The van der Waals surface area contributed by atoms with E-state index in [0.717, 1.165) is 38.5 Å². The fourth-order valence-corrected chi connectivity index (χ4v) is 6.23. The zero-order chi connectivity index (χ0) is 33.7. The van der Waals surface area contributed by atoms with Gasteiger partial charge >= 0.3 is 11.9 Å². The minimum Gasteiger partial charge on any atom is -0.463 e. The van der Waals surface area contributed by atoms with Crippen LogP contribution in [0.4, 0.5) is 0 Å². The van der Waals surface area contributed by atoms with Crippen molar-refractivity contribution in [3.63, 3.8) is 0 Å². The maximum absolute atomic E-state index is 12.5. The van der Waals surface area contributed by atoms with E-state index in [0.29, 0.717) is 6.42 Å². The maximum Gasteiger partial charge on any atom is 0.306 e. The van der Waals surface area contributed by atoms with Gasteiger partial charge in [-0.15, -0.1) is 0 Å². The lowest BCUT2D eigenvalue weighted by Gasteiger charge is -2.39. The van der Waals surface area contributed by atoms with Crippen LogP contribution >= 0.6 is 0 Å². The second-order valence-electron chi connectivity index (χ2n) is 13.7. The molecule has 1 aliphatic rings. The Balaban J connectivity index is 2.17. The van der Waals surface area contributed by atoms with E-state index in [1.165, 1.54) is 122 Å². The van der Waals surface area contributed by atoms with Crippen molar-refractivity contribution in [1.82, 2.24) is 0 Å². The van der Waals surface area contributed by atoms with Crippen LogP contribution in [0.2, 0.25) is 0 Å². The summed E-state index contributed by atoms with van der Waals surface area (Å²) in [5.41, 5.74) is 0. The molecule has 1 rings (SSSR count). The number of carbonyl (C=O) groups excluding carboxylic acids is 2. The number of rotatable bonds is 31. The molecule has 0 bridgehead atoms. The highest BCUT2D eigenvalue weighted by Crippen LogP contribution is 2.24. The highest BCUT2D eigenvalue weighted by molar-refractivity contribution is 5.70. The van der Waals surface area contributed by atoms with Crippen molar-refractivity contribution in [1.29, 1.82) is 0 Å². The van der Waals surface area contributed by atoms with Crippen molar-refractivity contribution in [2.75, 3.05) is 6.61 Å². The van der Waals surface area contributed by atoms with E-state index in [9.17, 15) is 24.9 Å². The molecule has 1 heterocycles. The summed E-state index contributed by atoms with van der Waals surface area (Å²) in [6.45, 7) is 4.22. The van der Waals surface area contributed by atoms with E-state index < -0.39 is 36.7 Å². The number of aliphatic hydroxyl groups is 3. The van der Waals surface area contributed by atoms with Crippen LogP contribution in [0, 0.1) is 0 Å². The van der Waals surface area contributed by atoms with Crippen LogP contribution in [0.25, 0.3) is 0 Å². The van der Waals surface area contributed by atoms with Gasteiger partial charge in [0, 0.05) is 12.8 Å². The number of hydrogen-bond donors (Lipinski definition) is 3. The van der Waals surface area contributed by atoms with Gasteiger partial charge in [0.05, 0.1) is 0 Å². The molecule has 0 aromatic rings. The van der Waals surface area contributed by atoms with Gasteiger partial charge in [0.25, 0.3) is 0 Å². The molecule has 46 heavy (non-hydrogen) atoms. The second kappa shape index (κ2) is 29.9. The standard InChI is InChI=1S/C38H72O8/c1-3-5-7-9-11-13-15-17-19-21-23-25-27-29-33(39)44-31-32-37(35(41)36(42)38(43)45-32)46-34(40)30-28-26-24-22-20-18-16-14-12-10-8-6-4-2/h32,35-38,41-43H,3-31H2,1-2H3/t32-,35-,36+,37-,38+/m1/s1. The zero-order valence-electron chi connectivity index (χ0n) is 29.8. The van der Waals surface area contributed by atoms with E-state index >= 15 is 0 Å². The Morgan fingerprint density at radius 2 is 0.848 bits per heavy atom. The minimum atomic E-state index is -1.66. The first-order valence-electron chi connectivity index (χ1n) is 19.4. The van der Waals surface area contributed by atoms with Crippen molar-refractivity contribution < 1.29 is 39.1 Å². The third-order valence-corrected chi connectivity index (χ3v) is 9.30. The Kier molecular flexibility index (Phi) is 27.8. The molecule has 8 heteroatoms. The van der Waals surface area contributed by atoms with Crippen LogP contribution in [0.15, 0.2) is 0 Å².